The van der Waals surface area contributed by atoms with E-state index in [4.69, 9.17) is 0 Å². The average molecular weight is 733 g/mol. The molecule has 0 aromatic heterocycles. The minimum absolute atomic E-state index is 0.253. The zero-order valence-electron chi connectivity index (χ0n) is 31.9. The zero-order valence-corrected chi connectivity index (χ0v) is 31.9. The van der Waals surface area contributed by atoms with Gasteiger partial charge >= 0.3 is 0 Å². The normalized spacial score (nSPS) is 15.6. The monoisotopic (exact) mass is 732 g/mol. The van der Waals surface area contributed by atoms with Crippen LogP contribution >= 0.6 is 0 Å². The molecular weight excluding hydrogens is 689 g/mol. The first-order valence-corrected chi connectivity index (χ1v) is 19.7. The molecule has 0 bridgehead atoms. The van der Waals surface area contributed by atoms with E-state index in [1.54, 1.807) is 0 Å². The molecule has 2 nitrogen and oxygen atoms in total. The fraction of sp³-hybridized carbons (Fsp3) is 0.0545. The van der Waals surface area contributed by atoms with Crippen LogP contribution in [0.15, 0.2) is 237 Å². The van der Waals surface area contributed by atoms with E-state index in [1.165, 1.54) is 27.8 Å². The summed E-state index contributed by atoms with van der Waals surface area (Å²) in [6.07, 6.45) is 12.0. The first-order chi connectivity index (χ1) is 28.2. The Kier molecular flexibility index (Phi) is 9.91. The third kappa shape index (κ3) is 6.99. The third-order valence-corrected chi connectivity index (χ3v) is 11.4. The van der Waals surface area contributed by atoms with Crippen molar-refractivity contribution >= 4 is 28.1 Å². The second-order valence-electron chi connectivity index (χ2n) is 14.7. The fourth-order valence-electron chi connectivity index (χ4n) is 8.77. The van der Waals surface area contributed by atoms with Gasteiger partial charge in [-0.1, -0.05) is 183 Å². The molecule has 0 heterocycles. The van der Waals surface area contributed by atoms with Crippen LogP contribution in [-0.2, 0) is 5.41 Å². The maximum atomic E-state index is 4.47. The summed E-state index contributed by atoms with van der Waals surface area (Å²) >= 11 is 0. The number of benzene rings is 7. The van der Waals surface area contributed by atoms with Gasteiger partial charge in [0.2, 0.25) is 0 Å². The van der Waals surface area contributed by atoms with Crippen molar-refractivity contribution in [2.45, 2.75) is 11.8 Å². The molecule has 274 valence electrons. The molecule has 2 heteroatoms. The molecule has 2 aliphatic rings. The van der Waals surface area contributed by atoms with Crippen molar-refractivity contribution in [3.05, 3.63) is 270 Å². The quantitative estimate of drug-likeness (QED) is 0.129. The molecule has 2 N–H and O–H groups in total. The lowest BCUT2D eigenvalue weighted by atomic mass is 9.63. The number of anilines is 2. The lowest BCUT2D eigenvalue weighted by Crippen LogP contribution is -2.35. The summed E-state index contributed by atoms with van der Waals surface area (Å²) in [4.78, 5) is 0. The number of rotatable bonds is 11. The molecule has 0 fully saturated rings. The second-order valence-corrected chi connectivity index (χ2v) is 14.7. The fourth-order valence-corrected chi connectivity index (χ4v) is 8.77. The molecule has 1 unspecified atom stereocenters. The van der Waals surface area contributed by atoms with Gasteiger partial charge in [0.15, 0.2) is 0 Å². The van der Waals surface area contributed by atoms with Gasteiger partial charge in [-0.05, 0) is 105 Å². The predicted octanol–water partition coefficient (Wildman–Crippen LogP) is 13.8. The summed E-state index contributed by atoms with van der Waals surface area (Å²) in [6, 6.07) is 69.2. The zero-order chi connectivity index (χ0) is 38.4. The Hall–Kier alpha value is -7.16. The van der Waals surface area contributed by atoms with E-state index in [2.05, 4.69) is 211 Å². The topological polar surface area (TPSA) is 24.1 Å². The van der Waals surface area contributed by atoms with Gasteiger partial charge in [0, 0.05) is 34.8 Å². The van der Waals surface area contributed by atoms with E-state index in [0.717, 1.165) is 56.9 Å². The summed E-state index contributed by atoms with van der Waals surface area (Å²) in [5.74, 6) is 0.253. The average Bonchev–Trinajstić information content (AvgIpc) is 3.58. The van der Waals surface area contributed by atoms with E-state index in [0.29, 0.717) is 0 Å². The number of hydrogen-bond donors (Lipinski definition) is 2. The lowest BCUT2D eigenvalue weighted by Gasteiger charge is -2.39. The number of hydrogen-bond acceptors (Lipinski definition) is 2. The largest absolute Gasteiger partial charge is 0.362 e. The van der Waals surface area contributed by atoms with Crippen molar-refractivity contribution < 1.29 is 0 Å². The highest BCUT2D eigenvalue weighted by Gasteiger charge is 2.51. The van der Waals surface area contributed by atoms with Crippen molar-refractivity contribution in [2.24, 2.45) is 5.92 Å². The molecule has 57 heavy (non-hydrogen) atoms. The van der Waals surface area contributed by atoms with E-state index < -0.39 is 0 Å². The predicted molar refractivity (Wildman–Crippen MR) is 242 cm³/mol. The Bertz CT molecular complexity index is 2590. The number of allylic oxidation sites excluding steroid dienone is 7. The van der Waals surface area contributed by atoms with Crippen molar-refractivity contribution in [3.8, 4) is 11.1 Å². The van der Waals surface area contributed by atoms with Crippen molar-refractivity contribution in [2.75, 3.05) is 10.6 Å². The smallest absolute Gasteiger partial charge is 0.0528 e. The molecular formula is C55H44N2. The van der Waals surface area contributed by atoms with Gasteiger partial charge in [-0.2, -0.15) is 0 Å². The Balaban J connectivity index is 1.10. The van der Waals surface area contributed by atoms with E-state index in [9.17, 15) is 0 Å². The summed E-state index contributed by atoms with van der Waals surface area (Å²) in [5.41, 5.74) is 16.1. The minimum atomic E-state index is -0.292. The summed E-state index contributed by atoms with van der Waals surface area (Å²) in [6.45, 7) is 4.47. The van der Waals surface area contributed by atoms with Crippen LogP contribution in [-0.4, -0.2) is 0 Å². The van der Waals surface area contributed by atoms with Crippen LogP contribution < -0.4 is 10.6 Å². The Morgan fingerprint density at radius 1 is 0.596 bits per heavy atom. The van der Waals surface area contributed by atoms with Gasteiger partial charge in [-0.3, -0.25) is 0 Å². The molecule has 1 atom stereocenters. The number of fused-ring (bicyclic) bond motifs is 3. The molecule has 0 spiro atoms. The van der Waals surface area contributed by atoms with Gasteiger partial charge in [0.05, 0.1) is 5.41 Å². The number of nitrogens with one attached hydrogen (secondary N) is 2. The highest BCUT2D eigenvalue weighted by atomic mass is 14.9. The maximum absolute atomic E-state index is 4.47. The van der Waals surface area contributed by atoms with Gasteiger partial charge in [0.25, 0.3) is 0 Å². The van der Waals surface area contributed by atoms with Crippen LogP contribution in [0.3, 0.4) is 0 Å². The summed E-state index contributed by atoms with van der Waals surface area (Å²) < 4.78 is 0. The van der Waals surface area contributed by atoms with Gasteiger partial charge in [-0.15, -0.1) is 0 Å². The van der Waals surface area contributed by atoms with Crippen molar-refractivity contribution in [1.29, 1.82) is 0 Å². The van der Waals surface area contributed by atoms with Gasteiger partial charge in [0.1, 0.15) is 0 Å². The number of para-hydroxylation sites is 1. The van der Waals surface area contributed by atoms with E-state index in [1.807, 2.05) is 30.5 Å². The maximum Gasteiger partial charge on any atom is 0.0528 e. The highest BCUT2D eigenvalue weighted by Crippen LogP contribution is 2.59. The molecule has 0 radical (unpaired) electrons. The second kappa shape index (κ2) is 15.9. The molecule has 0 saturated carbocycles. The molecule has 7 aromatic rings. The Morgan fingerprint density at radius 2 is 1.19 bits per heavy atom. The first kappa shape index (κ1) is 35.5. The van der Waals surface area contributed by atoms with Crippen LogP contribution in [0.1, 0.15) is 39.8 Å². The molecule has 0 aliphatic heterocycles. The molecule has 2 aliphatic carbocycles. The van der Waals surface area contributed by atoms with E-state index >= 15 is 0 Å². The van der Waals surface area contributed by atoms with Crippen molar-refractivity contribution in [1.82, 2.24) is 0 Å². The summed E-state index contributed by atoms with van der Waals surface area (Å²) in [5, 5.41) is 7.36. The van der Waals surface area contributed by atoms with Crippen LogP contribution in [0.25, 0.3) is 27.8 Å². The Morgan fingerprint density at radius 3 is 1.88 bits per heavy atom. The standard InChI is InChI=1S/C55H44N2/c1-40(41-19-7-2-8-20-41)37-44(35-36-56-47-27-15-6-16-28-47)43-31-34-54(50(38-43)42-21-9-3-10-22-42)57-48-32-33-53-51(39-48)49-29-17-18-30-52(49)55(53,45-23-11-4-12-24-45)46-25-13-5-14-26-46/h2-32,34-39,53,56-57H,1,33H2/b36-35-,44-37+. The SMILES string of the molecule is C=C(/C=C(\C=C/Nc1ccccc1)c1ccc(NC2=CCC3C(=C2)c2ccccc2C3(c2ccccc2)c2ccccc2)c(-c2ccccc2)c1)c1ccccc1. The first-order valence-electron chi connectivity index (χ1n) is 19.7. The lowest BCUT2D eigenvalue weighted by molar-refractivity contribution is 0.483. The van der Waals surface area contributed by atoms with Crippen molar-refractivity contribution in [3.63, 3.8) is 0 Å². The summed E-state index contributed by atoms with van der Waals surface area (Å²) in [7, 11) is 0. The molecule has 9 rings (SSSR count). The van der Waals surface area contributed by atoms with Crippen LogP contribution in [0.5, 0.6) is 0 Å². The van der Waals surface area contributed by atoms with Crippen LogP contribution in [0.4, 0.5) is 11.4 Å². The molecule has 0 amide bonds. The van der Waals surface area contributed by atoms with Crippen LogP contribution in [0, 0.1) is 5.92 Å². The third-order valence-electron chi connectivity index (χ3n) is 11.4. The molecule has 0 saturated heterocycles. The minimum Gasteiger partial charge on any atom is -0.362 e. The van der Waals surface area contributed by atoms with Gasteiger partial charge in [-0.25, -0.2) is 0 Å². The van der Waals surface area contributed by atoms with Gasteiger partial charge < -0.3 is 10.6 Å². The highest BCUT2D eigenvalue weighted by molar-refractivity contribution is 5.91. The van der Waals surface area contributed by atoms with Crippen LogP contribution in [0.2, 0.25) is 0 Å². The Labute approximate surface area is 336 Å². The molecule has 7 aromatic carbocycles. The van der Waals surface area contributed by atoms with E-state index in [-0.39, 0.29) is 11.3 Å².